The average molecular weight is 303 g/mol. The molecule has 0 atom stereocenters. The lowest BCUT2D eigenvalue weighted by atomic mass is 9.93. The summed E-state index contributed by atoms with van der Waals surface area (Å²) in [6.45, 7) is 18.2. The van der Waals surface area contributed by atoms with Crippen LogP contribution in [0.15, 0.2) is 60.7 Å². The van der Waals surface area contributed by atoms with E-state index in [2.05, 4.69) is 67.6 Å². The van der Waals surface area contributed by atoms with Crippen molar-refractivity contribution in [2.75, 3.05) is 0 Å². The molecule has 2 aromatic rings. The van der Waals surface area contributed by atoms with Gasteiger partial charge in [0.15, 0.2) is 0 Å². The largest absolute Gasteiger partial charge is 0.0683 e. The third-order valence-corrected chi connectivity index (χ3v) is 2.60. The first-order valence-corrected chi connectivity index (χ1v) is 8.98. The van der Waals surface area contributed by atoms with E-state index in [-0.39, 0.29) is 0 Å². The Morgan fingerprint density at radius 2 is 0.682 bits per heavy atom. The van der Waals surface area contributed by atoms with E-state index >= 15 is 0 Å². The quantitative estimate of drug-likeness (QED) is 0.528. The van der Waals surface area contributed by atoms with Crippen LogP contribution < -0.4 is 0 Å². The molecule has 0 aliphatic heterocycles. The summed E-state index contributed by atoms with van der Waals surface area (Å²) in [6, 6.07) is 21.2. The lowest BCUT2D eigenvalue weighted by molar-refractivity contribution is 0.922. The van der Waals surface area contributed by atoms with Gasteiger partial charge in [0.1, 0.15) is 0 Å². The van der Waals surface area contributed by atoms with Gasteiger partial charge in [0.05, 0.1) is 0 Å². The molecule has 0 bridgehead atoms. The van der Waals surface area contributed by atoms with Gasteiger partial charge in [0.2, 0.25) is 0 Å². The second kappa shape index (κ2) is 21.7. The average Bonchev–Trinajstić information content (AvgIpc) is 2.69. The topological polar surface area (TPSA) is 0 Å². The maximum absolute atomic E-state index is 2.24. The molecule has 126 valence electrons. The SMILES string of the molecule is CC.CC.CC.CC.CC(c1ccccc1)c1ccccc1. The van der Waals surface area contributed by atoms with Crippen LogP contribution in [-0.2, 0) is 0 Å². The van der Waals surface area contributed by atoms with E-state index in [9.17, 15) is 0 Å². The van der Waals surface area contributed by atoms with E-state index in [1.165, 1.54) is 11.1 Å². The molecular formula is C22H38. The molecule has 0 unspecified atom stereocenters. The molecule has 0 saturated heterocycles. The number of benzene rings is 2. The van der Waals surface area contributed by atoms with Crippen molar-refractivity contribution in [1.29, 1.82) is 0 Å². The van der Waals surface area contributed by atoms with Gasteiger partial charge in [0, 0.05) is 5.92 Å². The molecule has 0 saturated carbocycles. The highest BCUT2D eigenvalue weighted by atomic mass is 14.1. The van der Waals surface area contributed by atoms with Crippen molar-refractivity contribution in [3.05, 3.63) is 71.8 Å². The predicted octanol–water partition coefficient (Wildman–Crippen LogP) is 7.94. The van der Waals surface area contributed by atoms with Crippen molar-refractivity contribution < 1.29 is 0 Å². The van der Waals surface area contributed by atoms with Crippen molar-refractivity contribution in [3.63, 3.8) is 0 Å². The van der Waals surface area contributed by atoms with E-state index in [0.29, 0.717) is 5.92 Å². The fraction of sp³-hybridized carbons (Fsp3) is 0.455. The third kappa shape index (κ3) is 11.1. The molecule has 0 heteroatoms. The van der Waals surface area contributed by atoms with E-state index < -0.39 is 0 Å². The summed E-state index contributed by atoms with van der Waals surface area (Å²) in [7, 11) is 0. The Labute approximate surface area is 140 Å². The monoisotopic (exact) mass is 302 g/mol. The van der Waals surface area contributed by atoms with Gasteiger partial charge in [-0.15, -0.1) is 0 Å². The molecule has 0 N–H and O–H groups in total. The zero-order chi connectivity index (χ0) is 17.8. The molecule has 0 aliphatic rings. The molecule has 2 rings (SSSR count). The fourth-order valence-electron chi connectivity index (χ4n) is 1.68. The highest BCUT2D eigenvalue weighted by molar-refractivity contribution is 5.31. The van der Waals surface area contributed by atoms with Crippen molar-refractivity contribution >= 4 is 0 Å². The van der Waals surface area contributed by atoms with Crippen LogP contribution in [0.1, 0.15) is 79.4 Å². The Bertz CT molecular complexity index is 336. The van der Waals surface area contributed by atoms with Gasteiger partial charge in [0.25, 0.3) is 0 Å². The van der Waals surface area contributed by atoms with Crippen LogP contribution in [0.25, 0.3) is 0 Å². The maximum atomic E-state index is 2.24. The molecule has 0 aliphatic carbocycles. The zero-order valence-corrected chi connectivity index (χ0v) is 16.4. The van der Waals surface area contributed by atoms with Crippen molar-refractivity contribution in [3.8, 4) is 0 Å². The van der Waals surface area contributed by atoms with Gasteiger partial charge in [-0.2, -0.15) is 0 Å². The Balaban J connectivity index is -0.000000394. The third-order valence-electron chi connectivity index (χ3n) is 2.60. The van der Waals surface area contributed by atoms with E-state index in [4.69, 9.17) is 0 Å². The minimum Gasteiger partial charge on any atom is -0.0683 e. The van der Waals surface area contributed by atoms with Crippen LogP contribution in [0.2, 0.25) is 0 Å². The van der Waals surface area contributed by atoms with Crippen LogP contribution >= 0.6 is 0 Å². The van der Waals surface area contributed by atoms with E-state index in [1.807, 2.05) is 55.4 Å². The Morgan fingerprint density at radius 3 is 0.909 bits per heavy atom. The van der Waals surface area contributed by atoms with E-state index in [0.717, 1.165) is 0 Å². The fourth-order valence-corrected chi connectivity index (χ4v) is 1.68. The highest BCUT2D eigenvalue weighted by Crippen LogP contribution is 2.22. The van der Waals surface area contributed by atoms with Crippen LogP contribution in [0.5, 0.6) is 0 Å². The van der Waals surface area contributed by atoms with Crippen molar-refractivity contribution in [1.82, 2.24) is 0 Å². The molecule has 0 spiro atoms. The summed E-state index contributed by atoms with van der Waals surface area (Å²) in [6.07, 6.45) is 0. The number of hydrogen-bond donors (Lipinski definition) is 0. The molecule has 0 radical (unpaired) electrons. The summed E-state index contributed by atoms with van der Waals surface area (Å²) in [5, 5.41) is 0. The summed E-state index contributed by atoms with van der Waals surface area (Å²) in [4.78, 5) is 0. The number of hydrogen-bond acceptors (Lipinski definition) is 0. The summed E-state index contributed by atoms with van der Waals surface area (Å²) < 4.78 is 0. The van der Waals surface area contributed by atoms with Crippen molar-refractivity contribution in [2.24, 2.45) is 0 Å². The van der Waals surface area contributed by atoms with Gasteiger partial charge in [-0.25, -0.2) is 0 Å². The normalized spacial score (nSPS) is 7.73. The lowest BCUT2D eigenvalue weighted by Crippen LogP contribution is -1.94. The van der Waals surface area contributed by atoms with Gasteiger partial charge in [-0.3, -0.25) is 0 Å². The first-order valence-electron chi connectivity index (χ1n) is 8.98. The van der Waals surface area contributed by atoms with Gasteiger partial charge in [-0.1, -0.05) is 123 Å². The molecular weight excluding hydrogens is 264 g/mol. The first kappa shape index (κ1) is 25.4. The highest BCUT2D eigenvalue weighted by Gasteiger charge is 2.05. The first-order chi connectivity index (χ1) is 10.9. The standard InChI is InChI=1S/C14H14.4C2H6/c1-12(13-8-4-2-5-9-13)14-10-6-3-7-11-14;4*1-2/h2-12H,1H3;4*1-2H3. The van der Waals surface area contributed by atoms with Crippen LogP contribution in [0, 0.1) is 0 Å². The van der Waals surface area contributed by atoms with Gasteiger partial charge < -0.3 is 0 Å². The second-order valence-corrected chi connectivity index (χ2v) is 3.54. The summed E-state index contributed by atoms with van der Waals surface area (Å²) >= 11 is 0. The minimum absolute atomic E-state index is 0.484. The predicted molar refractivity (Wildman–Crippen MR) is 106 cm³/mol. The zero-order valence-electron chi connectivity index (χ0n) is 16.4. The van der Waals surface area contributed by atoms with Crippen LogP contribution in [0.3, 0.4) is 0 Å². The molecule has 22 heavy (non-hydrogen) atoms. The second-order valence-electron chi connectivity index (χ2n) is 3.54. The Kier molecular flexibility index (Phi) is 25.1. The van der Waals surface area contributed by atoms with Crippen LogP contribution in [-0.4, -0.2) is 0 Å². The van der Waals surface area contributed by atoms with E-state index in [1.54, 1.807) is 0 Å². The maximum Gasteiger partial charge on any atom is 0.00610 e. The van der Waals surface area contributed by atoms with Gasteiger partial charge in [-0.05, 0) is 11.1 Å². The molecule has 2 aromatic carbocycles. The molecule has 0 fully saturated rings. The summed E-state index contributed by atoms with van der Waals surface area (Å²) in [5.74, 6) is 0.484. The minimum atomic E-state index is 0.484. The Hall–Kier alpha value is -1.56. The molecule has 0 amide bonds. The smallest absolute Gasteiger partial charge is 0.00610 e. The van der Waals surface area contributed by atoms with Crippen molar-refractivity contribution in [2.45, 2.75) is 68.2 Å². The molecule has 0 nitrogen and oxygen atoms in total. The summed E-state index contributed by atoms with van der Waals surface area (Å²) in [5.41, 5.74) is 2.75. The molecule has 0 aromatic heterocycles. The molecule has 0 heterocycles. The van der Waals surface area contributed by atoms with Crippen LogP contribution in [0.4, 0.5) is 0 Å². The number of rotatable bonds is 2. The Morgan fingerprint density at radius 1 is 0.455 bits per heavy atom. The lowest BCUT2D eigenvalue weighted by Gasteiger charge is -2.11. The van der Waals surface area contributed by atoms with Gasteiger partial charge >= 0.3 is 0 Å².